The number of carboxylic acids is 2. The lowest BCUT2D eigenvalue weighted by Gasteiger charge is -2.19. The number of hydrogen-bond donors (Lipinski definition) is 2. The predicted octanol–water partition coefficient (Wildman–Crippen LogP) is 5.30. The van der Waals surface area contributed by atoms with E-state index in [1.807, 2.05) is 41.4 Å². The summed E-state index contributed by atoms with van der Waals surface area (Å²) in [7, 11) is 0. The molecule has 8 nitrogen and oxygen atoms in total. The van der Waals surface area contributed by atoms with Gasteiger partial charge in [-0.25, -0.2) is 14.6 Å². The van der Waals surface area contributed by atoms with E-state index in [-0.39, 0.29) is 6.10 Å². The van der Waals surface area contributed by atoms with Crippen LogP contribution < -0.4 is 4.74 Å². The minimum absolute atomic E-state index is 0.000526. The van der Waals surface area contributed by atoms with Crippen molar-refractivity contribution >= 4 is 23.5 Å². The molecule has 0 aliphatic carbocycles. The highest BCUT2D eigenvalue weighted by atomic mass is 35.5. The molecule has 0 saturated heterocycles. The number of unbranched alkanes of at least 4 members (excludes halogenated alkanes) is 7. The highest BCUT2D eigenvalue weighted by Crippen LogP contribution is 2.16. The molecule has 1 unspecified atom stereocenters. The van der Waals surface area contributed by atoms with Crippen molar-refractivity contribution in [2.45, 2.75) is 70.9 Å². The number of ether oxygens (including phenoxy) is 2. The van der Waals surface area contributed by atoms with Gasteiger partial charge >= 0.3 is 11.9 Å². The van der Waals surface area contributed by atoms with Crippen LogP contribution in [-0.4, -0.2) is 51.0 Å². The number of carboxylic acid groups (broad SMARTS) is 2. The van der Waals surface area contributed by atoms with Crippen LogP contribution in [0.2, 0.25) is 5.02 Å². The van der Waals surface area contributed by atoms with E-state index in [2.05, 4.69) is 11.9 Å². The van der Waals surface area contributed by atoms with Crippen molar-refractivity contribution in [1.29, 1.82) is 0 Å². The summed E-state index contributed by atoms with van der Waals surface area (Å²) in [5.41, 5.74) is 0. The van der Waals surface area contributed by atoms with Crippen LogP contribution in [0.1, 0.15) is 58.3 Å². The first-order chi connectivity index (χ1) is 15.9. The Labute approximate surface area is 200 Å². The highest BCUT2D eigenvalue weighted by Gasteiger charge is 2.11. The quantitative estimate of drug-likeness (QED) is 0.262. The fourth-order valence-corrected chi connectivity index (χ4v) is 3.12. The molecule has 1 aromatic carbocycles. The van der Waals surface area contributed by atoms with Gasteiger partial charge in [0.15, 0.2) is 0 Å². The van der Waals surface area contributed by atoms with Crippen LogP contribution in [-0.2, 0) is 20.9 Å². The SMILES string of the molecule is CCCCCCCCCCOC(COc1ccc(Cl)cc1)Cn1ccnc1.O=C(O)C(=O)O. The molecule has 0 radical (unpaired) electrons. The molecule has 184 valence electrons. The van der Waals surface area contributed by atoms with Crippen LogP contribution in [0, 0.1) is 0 Å². The highest BCUT2D eigenvalue weighted by molar-refractivity contribution is 6.30. The summed E-state index contributed by atoms with van der Waals surface area (Å²) in [6.45, 7) is 4.29. The first-order valence-electron chi connectivity index (χ1n) is 11.3. The Morgan fingerprint density at radius 1 is 1.00 bits per heavy atom. The number of nitrogens with zero attached hydrogens (tertiary/aromatic N) is 2. The van der Waals surface area contributed by atoms with Gasteiger partial charge in [-0.15, -0.1) is 0 Å². The third-order valence-electron chi connectivity index (χ3n) is 4.76. The summed E-state index contributed by atoms with van der Waals surface area (Å²) >= 11 is 5.92. The van der Waals surface area contributed by atoms with Crippen LogP contribution in [0.4, 0.5) is 0 Å². The second kappa shape index (κ2) is 17.9. The minimum Gasteiger partial charge on any atom is -0.491 e. The summed E-state index contributed by atoms with van der Waals surface area (Å²) in [6, 6.07) is 7.44. The van der Waals surface area contributed by atoms with Crippen molar-refractivity contribution in [1.82, 2.24) is 9.55 Å². The van der Waals surface area contributed by atoms with Gasteiger partial charge in [-0.1, -0.05) is 63.5 Å². The molecule has 0 amide bonds. The lowest BCUT2D eigenvalue weighted by molar-refractivity contribution is -0.159. The topological polar surface area (TPSA) is 111 Å². The Morgan fingerprint density at radius 2 is 1.61 bits per heavy atom. The fraction of sp³-hybridized carbons (Fsp3) is 0.542. The molecule has 1 heterocycles. The van der Waals surface area contributed by atoms with Gasteiger partial charge in [0.2, 0.25) is 0 Å². The standard InChI is InChI=1S/C22H33ClN2O2.C2H2O4/c1-2-3-4-5-6-7-8-9-16-26-22(17-25-15-14-24-19-25)18-27-21-12-10-20(23)11-13-21;3-1(4)2(5)6/h10-15,19,22H,2-9,16-18H2,1H3;(H,3,4)(H,5,6). The van der Waals surface area contributed by atoms with Gasteiger partial charge in [-0.3, -0.25) is 0 Å². The van der Waals surface area contributed by atoms with Crippen molar-refractivity contribution in [2.75, 3.05) is 13.2 Å². The summed E-state index contributed by atoms with van der Waals surface area (Å²) in [5.74, 6) is -2.84. The normalized spacial score (nSPS) is 11.3. The molecule has 9 heteroatoms. The zero-order valence-corrected chi connectivity index (χ0v) is 20.0. The number of imidazole rings is 1. The third-order valence-corrected chi connectivity index (χ3v) is 5.01. The molecule has 0 bridgehead atoms. The van der Waals surface area contributed by atoms with E-state index in [9.17, 15) is 0 Å². The largest absolute Gasteiger partial charge is 0.491 e. The van der Waals surface area contributed by atoms with Crippen molar-refractivity contribution in [3.8, 4) is 5.75 Å². The molecule has 0 aliphatic rings. The molecule has 0 saturated carbocycles. The Morgan fingerprint density at radius 3 is 2.15 bits per heavy atom. The van der Waals surface area contributed by atoms with Crippen molar-refractivity contribution in [2.24, 2.45) is 0 Å². The molecule has 2 N–H and O–H groups in total. The number of carbonyl (C=O) groups is 2. The fourth-order valence-electron chi connectivity index (χ4n) is 2.99. The molecule has 0 fully saturated rings. The summed E-state index contributed by atoms with van der Waals surface area (Å²) in [6.07, 6.45) is 16.0. The second-order valence-corrected chi connectivity index (χ2v) is 8.04. The molecule has 1 aromatic heterocycles. The van der Waals surface area contributed by atoms with Crippen LogP contribution in [0.3, 0.4) is 0 Å². The van der Waals surface area contributed by atoms with Crippen LogP contribution >= 0.6 is 11.6 Å². The number of aliphatic carboxylic acids is 2. The maximum Gasteiger partial charge on any atom is 0.414 e. The van der Waals surface area contributed by atoms with E-state index < -0.39 is 11.9 Å². The maximum absolute atomic E-state index is 9.10. The molecular weight excluding hydrogens is 448 g/mol. The van der Waals surface area contributed by atoms with Gasteiger partial charge < -0.3 is 24.3 Å². The molecule has 1 atom stereocenters. The molecule has 33 heavy (non-hydrogen) atoms. The van der Waals surface area contributed by atoms with Crippen molar-refractivity contribution in [3.05, 3.63) is 48.0 Å². The number of halogens is 1. The number of benzene rings is 1. The van der Waals surface area contributed by atoms with E-state index in [0.29, 0.717) is 11.6 Å². The average molecular weight is 483 g/mol. The molecule has 2 aromatic rings. The Kier molecular flexibility index (Phi) is 15.4. The van der Waals surface area contributed by atoms with Gasteiger partial charge in [0.05, 0.1) is 12.9 Å². The van der Waals surface area contributed by atoms with Crippen LogP contribution in [0.25, 0.3) is 0 Å². The summed E-state index contributed by atoms with van der Waals surface area (Å²) in [4.78, 5) is 22.3. The van der Waals surface area contributed by atoms with Gasteiger partial charge in [0, 0.05) is 24.0 Å². The van der Waals surface area contributed by atoms with Crippen LogP contribution in [0.5, 0.6) is 5.75 Å². The number of rotatable bonds is 15. The molecular formula is C24H35ClN2O6. The summed E-state index contributed by atoms with van der Waals surface area (Å²) < 4.78 is 14.0. The molecule has 0 spiro atoms. The zero-order chi connectivity index (χ0) is 24.3. The minimum atomic E-state index is -1.82. The van der Waals surface area contributed by atoms with E-state index >= 15 is 0 Å². The lowest BCUT2D eigenvalue weighted by atomic mass is 10.1. The smallest absolute Gasteiger partial charge is 0.414 e. The Bertz CT molecular complexity index is 756. The van der Waals surface area contributed by atoms with Gasteiger partial charge in [-0.05, 0) is 30.7 Å². The van der Waals surface area contributed by atoms with Gasteiger partial charge in [0.25, 0.3) is 0 Å². The van der Waals surface area contributed by atoms with Gasteiger partial charge in [-0.2, -0.15) is 0 Å². The van der Waals surface area contributed by atoms with Gasteiger partial charge in [0.1, 0.15) is 18.5 Å². The second-order valence-electron chi connectivity index (χ2n) is 7.60. The molecule has 0 aliphatic heterocycles. The van der Waals surface area contributed by atoms with E-state index in [0.717, 1.165) is 25.3 Å². The Balaban J connectivity index is 0.000000801. The third kappa shape index (κ3) is 15.0. The average Bonchev–Trinajstić information content (AvgIpc) is 3.30. The van der Waals surface area contributed by atoms with Crippen molar-refractivity contribution in [3.63, 3.8) is 0 Å². The van der Waals surface area contributed by atoms with E-state index in [1.54, 1.807) is 6.20 Å². The predicted molar refractivity (Wildman–Crippen MR) is 127 cm³/mol. The van der Waals surface area contributed by atoms with E-state index in [4.69, 9.17) is 40.9 Å². The van der Waals surface area contributed by atoms with Crippen molar-refractivity contribution < 1.29 is 29.3 Å². The monoisotopic (exact) mass is 482 g/mol. The van der Waals surface area contributed by atoms with E-state index in [1.165, 1.54) is 44.9 Å². The Hall–Kier alpha value is -2.58. The lowest BCUT2D eigenvalue weighted by Crippen LogP contribution is -2.27. The molecule has 2 rings (SSSR count). The number of aromatic nitrogens is 2. The summed E-state index contributed by atoms with van der Waals surface area (Å²) in [5, 5.41) is 15.5. The first-order valence-corrected chi connectivity index (χ1v) is 11.7. The zero-order valence-electron chi connectivity index (χ0n) is 19.2. The van der Waals surface area contributed by atoms with Crippen LogP contribution in [0.15, 0.2) is 43.0 Å². The first kappa shape index (κ1) is 28.5. The maximum atomic E-state index is 9.10. The number of hydrogen-bond acceptors (Lipinski definition) is 5.